The highest BCUT2D eigenvalue weighted by Crippen LogP contribution is 2.24. The number of para-hydroxylation sites is 1. The molecule has 0 saturated carbocycles. The molecule has 0 radical (unpaired) electrons. The Hall–Kier alpha value is -4.14. The molecule has 41 heavy (non-hydrogen) atoms. The van der Waals surface area contributed by atoms with E-state index in [1.165, 1.54) is 11.8 Å². The van der Waals surface area contributed by atoms with Crippen molar-refractivity contribution in [2.24, 2.45) is 0 Å². The average Bonchev–Trinajstić information content (AvgIpc) is 2.99. The van der Waals surface area contributed by atoms with Gasteiger partial charge in [0.1, 0.15) is 5.70 Å². The van der Waals surface area contributed by atoms with Crippen LogP contribution in [0.25, 0.3) is 6.08 Å². The van der Waals surface area contributed by atoms with Crippen molar-refractivity contribution < 1.29 is 14.4 Å². The third kappa shape index (κ3) is 8.67. The molecule has 0 bridgehead atoms. The molecule has 6 nitrogen and oxygen atoms in total. The number of hydrogen-bond acceptors (Lipinski definition) is 4. The van der Waals surface area contributed by atoms with Crippen molar-refractivity contribution in [1.29, 1.82) is 0 Å². The van der Waals surface area contributed by atoms with Gasteiger partial charge in [0.15, 0.2) is 0 Å². The molecule has 0 aliphatic carbocycles. The van der Waals surface area contributed by atoms with Crippen LogP contribution in [0, 0.1) is 6.92 Å². The van der Waals surface area contributed by atoms with Crippen molar-refractivity contribution in [2.75, 3.05) is 16.4 Å². The Bertz CT molecular complexity index is 1550. The zero-order chi connectivity index (χ0) is 29.2. The summed E-state index contributed by atoms with van der Waals surface area (Å²) in [7, 11) is 0. The molecule has 208 valence electrons. The van der Waals surface area contributed by atoms with E-state index in [1.807, 2.05) is 67.6 Å². The van der Waals surface area contributed by atoms with Gasteiger partial charge in [-0.1, -0.05) is 71.4 Å². The van der Waals surface area contributed by atoms with Crippen molar-refractivity contribution in [3.63, 3.8) is 0 Å². The van der Waals surface area contributed by atoms with Gasteiger partial charge in [-0.05, 0) is 84.6 Å². The van der Waals surface area contributed by atoms with Crippen LogP contribution in [-0.2, 0) is 16.0 Å². The van der Waals surface area contributed by atoms with E-state index in [0.717, 1.165) is 38.2 Å². The second-order valence-electron chi connectivity index (χ2n) is 9.21. The molecule has 3 N–H and O–H groups in total. The Kier molecular flexibility index (Phi) is 10.5. The molecular formula is C33H30BrN3O3S. The number of rotatable bonds is 10. The van der Waals surface area contributed by atoms with E-state index in [-0.39, 0.29) is 23.3 Å². The topological polar surface area (TPSA) is 87.3 Å². The van der Waals surface area contributed by atoms with Crippen molar-refractivity contribution in [2.45, 2.75) is 25.2 Å². The minimum atomic E-state index is -0.457. The molecule has 0 aliphatic rings. The summed E-state index contributed by atoms with van der Waals surface area (Å²) in [6.45, 7) is 4.05. The summed E-state index contributed by atoms with van der Waals surface area (Å²) >= 11 is 4.82. The number of aryl methyl sites for hydroxylation is 2. The van der Waals surface area contributed by atoms with Gasteiger partial charge in [-0.3, -0.25) is 14.4 Å². The van der Waals surface area contributed by atoms with Crippen LogP contribution < -0.4 is 16.0 Å². The Labute approximate surface area is 252 Å². The highest BCUT2D eigenvalue weighted by atomic mass is 79.9. The molecule has 8 heteroatoms. The maximum absolute atomic E-state index is 13.2. The lowest BCUT2D eigenvalue weighted by Gasteiger charge is -2.13. The van der Waals surface area contributed by atoms with Gasteiger partial charge < -0.3 is 16.0 Å². The molecule has 0 saturated heterocycles. The van der Waals surface area contributed by atoms with Crippen molar-refractivity contribution in [1.82, 2.24) is 5.32 Å². The molecule has 3 amide bonds. The van der Waals surface area contributed by atoms with Gasteiger partial charge in [0, 0.05) is 26.3 Å². The van der Waals surface area contributed by atoms with Crippen LogP contribution >= 0.6 is 27.7 Å². The number of carbonyl (C=O) groups excluding carboxylic acids is 3. The number of benzene rings is 4. The molecule has 0 fully saturated rings. The van der Waals surface area contributed by atoms with Crippen LogP contribution in [0.4, 0.5) is 11.4 Å². The Morgan fingerprint density at radius 3 is 2.22 bits per heavy atom. The molecule has 4 aromatic rings. The standard InChI is InChI=1S/C33H30BrN3O3S/c1-3-24-11-7-8-22(2)31(24)37-30(38)21-41-28-18-16-27(17-19-28)35-33(40)29(20-23-12-14-26(34)15-13-23)36-32(39)25-9-5-4-6-10-25/h4-20H,3,21H2,1-2H3,(H,35,40)(H,36,39)(H,37,38)/b29-20-. The first-order chi connectivity index (χ1) is 19.8. The maximum Gasteiger partial charge on any atom is 0.272 e. The normalized spacial score (nSPS) is 11.0. The lowest BCUT2D eigenvalue weighted by Crippen LogP contribution is -2.30. The van der Waals surface area contributed by atoms with Gasteiger partial charge in [0.05, 0.1) is 5.75 Å². The first kappa shape index (κ1) is 29.8. The third-order valence-corrected chi connectivity index (χ3v) is 7.74. The molecular weight excluding hydrogens is 598 g/mol. The summed E-state index contributed by atoms with van der Waals surface area (Å²) < 4.78 is 0.908. The fourth-order valence-corrected chi connectivity index (χ4v) is 4.99. The van der Waals surface area contributed by atoms with E-state index >= 15 is 0 Å². The SMILES string of the molecule is CCc1cccc(C)c1NC(=O)CSc1ccc(NC(=O)/C(=C/c2ccc(Br)cc2)NC(=O)c2ccccc2)cc1. The largest absolute Gasteiger partial charge is 0.325 e. The number of nitrogens with one attached hydrogen (secondary N) is 3. The Morgan fingerprint density at radius 2 is 1.54 bits per heavy atom. The number of carbonyl (C=O) groups is 3. The van der Waals surface area contributed by atoms with Gasteiger partial charge in [0.25, 0.3) is 11.8 Å². The van der Waals surface area contributed by atoms with E-state index in [0.29, 0.717) is 11.3 Å². The summed E-state index contributed by atoms with van der Waals surface area (Å²) in [6.07, 6.45) is 2.47. The molecule has 4 aromatic carbocycles. The van der Waals surface area contributed by atoms with Crippen LogP contribution in [0.15, 0.2) is 112 Å². The van der Waals surface area contributed by atoms with Crippen LogP contribution in [0.2, 0.25) is 0 Å². The number of hydrogen-bond donors (Lipinski definition) is 3. The smallest absolute Gasteiger partial charge is 0.272 e. The van der Waals surface area contributed by atoms with Gasteiger partial charge >= 0.3 is 0 Å². The fraction of sp³-hybridized carbons (Fsp3) is 0.121. The zero-order valence-corrected chi connectivity index (χ0v) is 25.1. The summed E-state index contributed by atoms with van der Waals surface area (Å²) in [5.74, 6) is -0.657. The van der Waals surface area contributed by atoms with E-state index in [1.54, 1.807) is 42.5 Å². The van der Waals surface area contributed by atoms with Gasteiger partial charge in [-0.15, -0.1) is 11.8 Å². The summed E-state index contributed by atoms with van der Waals surface area (Å²) in [6, 6.07) is 29.4. The zero-order valence-electron chi connectivity index (χ0n) is 22.7. The van der Waals surface area contributed by atoms with Crippen molar-refractivity contribution >= 4 is 62.9 Å². The van der Waals surface area contributed by atoms with Crippen LogP contribution in [0.1, 0.15) is 34.0 Å². The van der Waals surface area contributed by atoms with Crippen LogP contribution in [0.3, 0.4) is 0 Å². The van der Waals surface area contributed by atoms with Crippen LogP contribution in [0.5, 0.6) is 0 Å². The third-order valence-electron chi connectivity index (χ3n) is 6.20. The lowest BCUT2D eigenvalue weighted by atomic mass is 10.1. The van der Waals surface area contributed by atoms with E-state index < -0.39 is 5.91 Å². The molecule has 0 aliphatic heterocycles. The summed E-state index contributed by atoms with van der Waals surface area (Å²) in [5, 5.41) is 8.64. The van der Waals surface area contributed by atoms with E-state index in [2.05, 4.69) is 38.8 Å². The quantitative estimate of drug-likeness (QED) is 0.126. The van der Waals surface area contributed by atoms with Crippen molar-refractivity contribution in [3.8, 4) is 0 Å². The minimum Gasteiger partial charge on any atom is -0.325 e. The number of anilines is 2. The maximum atomic E-state index is 13.2. The monoisotopic (exact) mass is 627 g/mol. The minimum absolute atomic E-state index is 0.0757. The van der Waals surface area contributed by atoms with Gasteiger partial charge in [-0.25, -0.2) is 0 Å². The summed E-state index contributed by atoms with van der Waals surface area (Å²) in [4.78, 5) is 39.6. The molecule has 0 unspecified atom stereocenters. The summed E-state index contributed by atoms with van der Waals surface area (Å²) in [5.41, 5.74) is 4.90. The average molecular weight is 629 g/mol. The van der Waals surface area contributed by atoms with E-state index in [4.69, 9.17) is 0 Å². The molecule has 0 spiro atoms. The first-order valence-electron chi connectivity index (χ1n) is 13.1. The predicted octanol–water partition coefficient (Wildman–Crippen LogP) is 7.46. The second-order valence-corrected chi connectivity index (χ2v) is 11.2. The molecule has 0 heterocycles. The number of halogens is 1. The fourth-order valence-electron chi connectivity index (χ4n) is 4.03. The number of amides is 3. The van der Waals surface area contributed by atoms with Crippen LogP contribution in [-0.4, -0.2) is 23.5 Å². The highest BCUT2D eigenvalue weighted by Gasteiger charge is 2.15. The second kappa shape index (κ2) is 14.5. The Morgan fingerprint density at radius 1 is 0.829 bits per heavy atom. The first-order valence-corrected chi connectivity index (χ1v) is 14.9. The molecule has 0 atom stereocenters. The Balaban J connectivity index is 1.40. The molecule has 4 rings (SSSR count). The lowest BCUT2D eigenvalue weighted by molar-refractivity contribution is -0.114. The molecule has 0 aromatic heterocycles. The predicted molar refractivity (Wildman–Crippen MR) is 171 cm³/mol. The highest BCUT2D eigenvalue weighted by molar-refractivity contribution is 9.10. The van der Waals surface area contributed by atoms with Crippen molar-refractivity contribution in [3.05, 3.63) is 129 Å². The van der Waals surface area contributed by atoms with E-state index in [9.17, 15) is 14.4 Å². The van der Waals surface area contributed by atoms with Gasteiger partial charge in [0.2, 0.25) is 5.91 Å². The number of thioether (sulfide) groups is 1. The van der Waals surface area contributed by atoms with Gasteiger partial charge in [-0.2, -0.15) is 0 Å².